The standard InChI is InChI=1S/C13H20N2O/c1-2-16-14-13-8-9-15(11-13)10-12-6-4-3-5-7-12/h3-7,13-14H,2,8-11H2,1H3. The zero-order valence-corrected chi connectivity index (χ0v) is 9.86. The Morgan fingerprint density at radius 3 is 2.94 bits per heavy atom. The topological polar surface area (TPSA) is 24.5 Å². The molecule has 1 aromatic carbocycles. The maximum Gasteiger partial charge on any atom is 0.0654 e. The van der Waals surface area contributed by atoms with Crippen LogP contribution in [0.4, 0.5) is 0 Å². The van der Waals surface area contributed by atoms with Gasteiger partial charge in [0, 0.05) is 25.7 Å². The Balaban J connectivity index is 1.76. The highest BCUT2D eigenvalue weighted by molar-refractivity contribution is 5.14. The molecule has 1 aliphatic heterocycles. The van der Waals surface area contributed by atoms with Crippen LogP contribution in [0.5, 0.6) is 0 Å². The van der Waals surface area contributed by atoms with Gasteiger partial charge in [0.15, 0.2) is 0 Å². The first-order chi connectivity index (χ1) is 7.88. The number of hydrogen-bond acceptors (Lipinski definition) is 3. The van der Waals surface area contributed by atoms with Crippen molar-refractivity contribution in [3.8, 4) is 0 Å². The number of nitrogens with one attached hydrogen (secondary N) is 1. The molecule has 3 heteroatoms. The summed E-state index contributed by atoms with van der Waals surface area (Å²) < 4.78 is 0. The first-order valence-corrected chi connectivity index (χ1v) is 6.02. The summed E-state index contributed by atoms with van der Waals surface area (Å²) in [6.45, 7) is 6.01. The third-order valence-electron chi connectivity index (χ3n) is 2.92. The lowest BCUT2D eigenvalue weighted by molar-refractivity contribution is 0.0266. The molecule has 1 fully saturated rings. The van der Waals surface area contributed by atoms with Crippen molar-refractivity contribution in [2.24, 2.45) is 0 Å². The molecule has 0 aliphatic carbocycles. The van der Waals surface area contributed by atoms with Gasteiger partial charge in [0.1, 0.15) is 0 Å². The molecule has 1 atom stereocenters. The lowest BCUT2D eigenvalue weighted by atomic mass is 10.2. The number of nitrogens with zero attached hydrogens (tertiary/aromatic N) is 1. The maximum atomic E-state index is 5.24. The zero-order chi connectivity index (χ0) is 11.2. The van der Waals surface area contributed by atoms with Crippen LogP contribution in [-0.4, -0.2) is 30.6 Å². The summed E-state index contributed by atoms with van der Waals surface area (Å²) >= 11 is 0. The first-order valence-electron chi connectivity index (χ1n) is 6.02. The number of rotatable bonds is 5. The molecular formula is C13H20N2O. The van der Waals surface area contributed by atoms with E-state index in [1.165, 1.54) is 12.0 Å². The van der Waals surface area contributed by atoms with Gasteiger partial charge in [-0.05, 0) is 18.9 Å². The van der Waals surface area contributed by atoms with E-state index in [2.05, 4.69) is 40.7 Å². The van der Waals surface area contributed by atoms with Gasteiger partial charge in [0.05, 0.1) is 6.61 Å². The predicted octanol–water partition coefficient (Wildman–Crippen LogP) is 1.80. The molecule has 0 saturated carbocycles. The van der Waals surface area contributed by atoms with Crippen molar-refractivity contribution in [1.82, 2.24) is 10.4 Å². The third kappa shape index (κ3) is 3.30. The van der Waals surface area contributed by atoms with E-state index in [4.69, 9.17) is 4.84 Å². The summed E-state index contributed by atoms with van der Waals surface area (Å²) in [5.41, 5.74) is 4.49. The number of benzene rings is 1. The van der Waals surface area contributed by atoms with Crippen LogP contribution >= 0.6 is 0 Å². The van der Waals surface area contributed by atoms with E-state index in [1.54, 1.807) is 0 Å². The molecule has 1 N–H and O–H groups in total. The molecular weight excluding hydrogens is 200 g/mol. The van der Waals surface area contributed by atoms with Crippen LogP contribution in [0.3, 0.4) is 0 Å². The molecule has 2 rings (SSSR count). The summed E-state index contributed by atoms with van der Waals surface area (Å²) in [5.74, 6) is 0. The van der Waals surface area contributed by atoms with E-state index in [1.807, 2.05) is 6.92 Å². The van der Waals surface area contributed by atoms with E-state index in [0.29, 0.717) is 6.04 Å². The number of likely N-dealkylation sites (tertiary alicyclic amines) is 1. The highest BCUT2D eigenvalue weighted by Gasteiger charge is 2.21. The molecule has 1 aliphatic rings. The second-order valence-electron chi connectivity index (χ2n) is 4.26. The van der Waals surface area contributed by atoms with Gasteiger partial charge in [0.25, 0.3) is 0 Å². The molecule has 0 bridgehead atoms. The Kier molecular flexibility index (Phi) is 4.34. The molecule has 0 spiro atoms. The smallest absolute Gasteiger partial charge is 0.0654 e. The van der Waals surface area contributed by atoms with Crippen molar-refractivity contribution in [3.05, 3.63) is 35.9 Å². The van der Waals surface area contributed by atoms with E-state index < -0.39 is 0 Å². The second kappa shape index (κ2) is 5.99. The van der Waals surface area contributed by atoms with Crippen molar-refractivity contribution in [2.75, 3.05) is 19.7 Å². The van der Waals surface area contributed by atoms with Crippen LogP contribution in [-0.2, 0) is 11.4 Å². The molecule has 88 valence electrons. The average molecular weight is 220 g/mol. The summed E-state index contributed by atoms with van der Waals surface area (Å²) in [5, 5.41) is 0. The van der Waals surface area contributed by atoms with E-state index in [9.17, 15) is 0 Å². The van der Waals surface area contributed by atoms with Crippen LogP contribution < -0.4 is 5.48 Å². The summed E-state index contributed by atoms with van der Waals surface area (Å²) in [6, 6.07) is 11.1. The quantitative estimate of drug-likeness (QED) is 0.766. The number of hydroxylamine groups is 1. The van der Waals surface area contributed by atoms with Crippen LogP contribution in [0.2, 0.25) is 0 Å². The largest absolute Gasteiger partial charge is 0.302 e. The van der Waals surface area contributed by atoms with Gasteiger partial charge in [-0.15, -0.1) is 0 Å². The van der Waals surface area contributed by atoms with Gasteiger partial charge < -0.3 is 4.84 Å². The Morgan fingerprint density at radius 1 is 1.38 bits per heavy atom. The molecule has 16 heavy (non-hydrogen) atoms. The molecule has 0 aromatic heterocycles. The van der Waals surface area contributed by atoms with Crippen LogP contribution in [0.1, 0.15) is 18.9 Å². The van der Waals surface area contributed by atoms with Gasteiger partial charge in [-0.3, -0.25) is 4.90 Å². The van der Waals surface area contributed by atoms with E-state index in [-0.39, 0.29) is 0 Å². The fraction of sp³-hybridized carbons (Fsp3) is 0.538. The molecule has 1 aromatic rings. The van der Waals surface area contributed by atoms with Crippen molar-refractivity contribution >= 4 is 0 Å². The molecule has 0 radical (unpaired) electrons. The highest BCUT2D eigenvalue weighted by atomic mass is 16.6. The fourth-order valence-corrected chi connectivity index (χ4v) is 2.12. The SMILES string of the molecule is CCONC1CCN(Cc2ccccc2)C1. The number of hydrogen-bond donors (Lipinski definition) is 1. The van der Waals surface area contributed by atoms with Crippen LogP contribution in [0.25, 0.3) is 0 Å². The summed E-state index contributed by atoms with van der Waals surface area (Å²) in [7, 11) is 0. The predicted molar refractivity (Wildman–Crippen MR) is 64.9 cm³/mol. The van der Waals surface area contributed by atoms with Crippen molar-refractivity contribution in [2.45, 2.75) is 25.9 Å². The fourth-order valence-electron chi connectivity index (χ4n) is 2.12. The Hall–Kier alpha value is -0.900. The minimum Gasteiger partial charge on any atom is -0.302 e. The van der Waals surface area contributed by atoms with Gasteiger partial charge >= 0.3 is 0 Å². The second-order valence-corrected chi connectivity index (χ2v) is 4.26. The van der Waals surface area contributed by atoms with Crippen LogP contribution in [0, 0.1) is 0 Å². The maximum absolute atomic E-state index is 5.24. The minimum absolute atomic E-state index is 0.490. The van der Waals surface area contributed by atoms with Gasteiger partial charge in [0.2, 0.25) is 0 Å². The average Bonchev–Trinajstić information content (AvgIpc) is 2.75. The lowest BCUT2D eigenvalue weighted by Gasteiger charge is -2.16. The van der Waals surface area contributed by atoms with Gasteiger partial charge in [-0.2, -0.15) is 5.48 Å². The van der Waals surface area contributed by atoms with E-state index in [0.717, 1.165) is 26.2 Å². The molecule has 0 amide bonds. The summed E-state index contributed by atoms with van der Waals surface area (Å²) in [4.78, 5) is 7.70. The Morgan fingerprint density at radius 2 is 2.19 bits per heavy atom. The normalized spacial score (nSPS) is 21.4. The zero-order valence-electron chi connectivity index (χ0n) is 9.86. The minimum atomic E-state index is 0.490. The van der Waals surface area contributed by atoms with Crippen molar-refractivity contribution < 1.29 is 4.84 Å². The Bertz CT molecular complexity index is 302. The van der Waals surface area contributed by atoms with Crippen molar-refractivity contribution in [1.29, 1.82) is 0 Å². The first kappa shape index (κ1) is 11.6. The van der Waals surface area contributed by atoms with Crippen LogP contribution in [0.15, 0.2) is 30.3 Å². The summed E-state index contributed by atoms with van der Waals surface area (Å²) in [6.07, 6.45) is 1.17. The molecule has 1 unspecified atom stereocenters. The lowest BCUT2D eigenvalue weighted by Crippen LogP contribution is -2.32. The third-order valence-corrected chi connectivity index (χ3v) is 2.92. The molecule has 3 nitrogen and oxygen atoms in total. The van der Waals surface area contributed by atoms with E-state index >= 15 is 0 Å². The molecule has 1 heterocycles. The highest BCUT2D eigenvalue weighted by Crippen LogP contribution is 2.13. The molecule has 1 saturated heterocycles. The van der Waals surface area contributed by atoms with Gasteiger partial charge in [-0.1, -0.05) is 30.3 Å². The monoisotopic (exact) mass is 220 g/mol. The van der Waals surface area contributed by atoms with Crippen molar-refractivity contribution in [3.63, 3.8) is 0 Å². The Labute approximate surface area is 97.4 Å². The van der Waals surface area contributed by atoms with Gasteiger partial charge in [-0.25, -0.2) is 0 Å².